The van der Waals surface area contributed by atoms with Crippen molar-refractivity contribution in [3.05, 3.63) is 11.4 Å². The molecule has 1 aliphatic carbocycles. The number of hydrogen-bond acceptors (Lipinski definition) is 5. The van der Waals surface area contributed by atoms with E-state index >= 15 is 0 Å². The summed E-state index contributed by atoms with van der Waals surface area (Å²) in [7, 11) is 0. The molecule has 0 aliphatic heterocycles. The molecule has 1 fully saturated rings. The van der Waals surface area contributed by atoms with E-state index in [1.165, 1.54) is 6.42 Å². The van der Waals surface area contributed by atoms with Crippen molar-refractivity contribution in [1.29, 1.82) is 0 Å². The maximum absolute atomic E-state index is 5.91. The molecule has 1 aliphatic rings. The summed E-state index contributed by atoms with van der Waals surface area (Å²) in [5.74, 6) is 7.56. The molecule has 2 rings (SSSR count). The summed E-state index contributed by atoms with van der Waals surface area (Å²) in [5.41, 5.74) is 3.37. The zero-order chi connectivity index (χ0) is 13.3. The van der Waals surface area contributed by atoms with Crippen molar-refractivity contribution < 1.29 is 4.74 Å². The average molecular weight is 250 g/mol. The van der Waals surface area contributed by atoms with E-state index in [2.05, 4.69) is 36.2 Å². The molecule has 0 spiro atoms. The lowest BCUT2D eigenvalue weighted by molar-refractivity contribution is 0.113. The van der Waals surface area contributed by atoms with Crippen LogP contribution in [0.25, 0.3) is 0 Å². The second-order valence-electron chi connectivity index (χ2n) is 5.89. The van der Waals surface area contributed by atoms with E-state index in [-0.39, 0.29) is 5.41 Å². The van der Waals surface area contributed by atoms with E-state index in [0.29, 0.717) is 17.8 Å². The number of nitrogens with one attached hydrogen (secondary N) is 1. The highest BCUT2D eigenvalue weighted by molar-refractivity contribution is 5.48. The van der Waals surface area contributed by atoms with E-state index in [1.54, 1.807) is 0 Å². The fourth-order valence-corrected chi connectivity index (χ4v) is 1.73. The highest BCUT2D eigenvalue weighted by atomic mass is 16.5. The smallest absolute Gasteiger partial charge is 0.222 e. The quantitative estimate of drug-likeness (QED) is 0.636. The van der Waals surface area contributed by atoms with Gasteiger partial charge in [-0.1, -0.05) is 20.8 Å². The maximum Gasteiger partial charge on any atom is 0.222 e. The minimum absolute atomic E-state index is 0.128. The summed E-state index contributed by atoms with van der Waals surface area (Å²) >= 11 is 0. The number of anilines is 1. The number of ether oxygens (including phenoxy) is 1. The first-order valence-electron chi connectivity index (χ1n) is 6.44. The predicted octanol–water partition coefficient (Wildman–Crippen LogP) is 2.30. The molecule has 1 saturated carbocycles. The van der Waals surface area contributed by atoms with Crippen LogP contribution < -0.4 is 16.0 Å². The number of nitrogen functional groups attached to an aromatic ring is 1. The second kappa shape index (κ2) is 4.72. The van der Waals surface area contributed by atoms with Gasteiger partial charge in [-0.3, -0.25) is 0 Å². The van der Waals surface area contributed by atoms with Gasteiger partial charge in [0, 0.05) is 5.41 Å². The molecule has 1 heterocycles. The first kappa shape index (κ1) is 13.1. The molecule has 0 bridgehead atoms. The Kier molecular flexibility index (Phi) is 3.43. The Labute approximate surface area is 108 Å². The Bertz CT molecular complexity index is 435. The van der Waals surface area contributed by atoms with Gasteiger partial charge in [-0.05, 0) is 26.2 Å². The number of nitrogens with zero attached hydrogens (tertiary/aromatic N) is 2. The van der Waals surface area contributed by atoms with Gasteiger partial charge in [0.1, 0.15) is 11.9 Å². The highest BCUT2D eigenvalue weighted by Crippen LogP contribution is 2.30. The Hall–Kier alpha value is -1.36. The standard InChI is InChI=1S/C13H22N4O/c1-8-10(17-14)15-12(13(2,3)4)16-11(8)18-9-6-5-7-9/h9H,5-7,14H2,1-4H3,(H,15,16,17). The zero-order valence-electron chi connectivity index (χ0n) is 11.6. The lowest BCUT2D eigenvalue weighted by atomic mass is 9.95. The third-order valence-corrected chi connectivity index (χ3v) is 3.24. The molecule has 0 aromatic carbocycles. The molecule has 3 N–H and O–H groups in total. The zero-order valence-corrected chi connectivity index (χ0v) is 11.6. The third-order valence-electron chi connectivity index (χ3n) is 3.24. The maximum atomic E-state index is 5.91. The largest absolute Gasteiger partial charge is 0.474 e. The van der Waals surface area contributed by atoms with Crippen LogP contribution in [0.15, 0.2) is 0 Å². The summed E-state index contributed by atoms with van der Waals surface area (Å²) in [4.78, 5) is 8.99. The van der Waals surface area contributed by atoms with Gasteiger partial charge in [0.2, 0.25) is 5.88 Å². The molecule has 5 nitrogen and oxygen atoms in total. The van der Waals surface area contributed by atoms with E-state index in [9.17, 15) is 0 Å². The van der Waals surface area contributed by atoms with Crippen LogP contribution in [0.3, 0.4) is 0 Å². The SMILES string of the molecule is Cc1c(NN)nc(C(C)(C)C)nc1OC1CCC1. The fraction of sp³-hybridized carbons (Fsp3) is 0.692. The molecule has 18 heavy (non-hydrogen) atoms. The van der Waals surface area contributed by atoms with E-state index in [4.69, 9.17) is 10.6 Å². The van der Waals surface area contributed by atoms with Gasteiger partial charge >= 0.3 is 0 Å². The van der Waals surface area contributed by atoms with Crippen LogP contribution in [0.2, 0.25) is 0 Å². The molecule has 0 amide bonds. The molecule has 100 valence electrons. The van der Waals surface area contributed by atoms with Gasteiger partial charge in [0.05, 0.1) is 5.56 Å². The molecular formula is C13H22N4O. The van der Waals surface area contributed by atoms with E-state index in [0.717, 1.165) is 24.2 Å². The van der Waals surface area contributed by atoms with Crippen LogP contribution in [0, 0.1) is 6.92 Å². The van der Waals surface area contributed by atoms with E-state index in [1.807, 2.05) is 6.92 Å². The second-order valence-corrected chi connectivity index (χ2v) is 5.89. The molecule has 0 atom stereocenters. The summed E-state index contributed by atoms with van der Waals surface area (Å²) in [6.07, 6.45) is 3.76. The lowest BCUT2D eigenvalue weighted by Gasteiger charge is -2.28. The Morgan fingerprint density at radius 2 is 1.94 bits per heavy atom. The van der Waals surface area contributed by atoms with Crippen LogP contribution >= 0.6 is 0 Å². The van der Waals surface area contributed by atoms with Crippen LogP contribution in [0.4, 0.5) is 5.82 Å². The van der Waals surface area contributed by atoms with Crippen molar-refractivity contribution in [3.8, 4) is 5.88 Å². The molecular weight excluding hydrogens is 228 g/mol. The highest BCUT2D eigenvalue weighted by Gasteiger charge is 2.25. The summed E-state index contributed by atoms with van der Waals surface area (Å²) < 4.78 is 5.91. The van der Waals surface area contributed by atoms with Crippen molar-refractivity contribution in [2.75, 3.05) is 5.43 Å². The predicted molar refractivity (Wildman–Crippen MR) is 71.5 cm³/mol. The average Bonchev–Trinajstić information content (AvgIpc) is 2.23. The monoisotopic (exact) mass is 250 g/mol. The van der Waals surface area contributed by atoms with Crippen LogP contribution in [0.1, 0.15) is 51.4 Å². The number of rotatable bonds is 3. The fourth-order valence-electron chi connectivity index (χ4n) is 1.73. The van der Waals surface area contributed by atoms with Crippen LogP contribution in [0.5, 0.6) is 5.88 Å². The van der Waals surface area contributed by atoms with Gasteiger partial charge in [-0.2, -0.15) is 4.98 Å². The minimum Gasteiger partial charge on any atom is -0.474 e. The van der Waals surface area contributed by atoms with Crippen molar-refractivity contribution in [2.24, 2.45) is 5.84 Å². The van der Waals surface area contributed by atoms with Gasteiger partial charge < -0.3 is 10.2 Å². The van der Waals surface area contributed by atoms with Crippen LogP contribution in [-0.4, -0.2) is 16.1 Å². The van der Waals surface area contributed by atoms with Crippen molar-refractivity contribution in [2.45, 2.75) is 58.5 Å². The summed E-state index contributed by atoms with van der Waals surface area (Å²) in [6, 6.07) is 0. The van der Waals surface area contributed by atoms with Gasteiger partial charge in [0.15, 0.2) is 5.82 Å². The normalized spacial score (nSPS) is 16.3. The van der Waals surface area contributed by atoms with Gasteiger partial charge in [0.25, 0.3) is 0 Å². The molecule has 5 heteroatoms. The molecule has 0 unspecified atom stereocenters. The van der Waals surface area contributed by atoms with Gasteiger partial charge in [-0.25, -0.2) is 10.8 Å². The third kappa shape index (κ3) is 2.56. The van der Waals surface area contributed by atoms with Crippen molar-refractivity contribution >= 4 is 5.82 Å². The number of aromatic nitrogens is 2. The van der Waals surface area contributed by atoms with Crippen molar-refractivity contribution in [1.82, 2.24) is 9.97 Å². The molecule has 1 aromatic rings. The Morgan fingerprint density at radius 3 is 2.39 bits per heavy atom. The van der Waals surface area contributed by atoms with Gasteiger partial charge in [-0.15, -0.1) is 0 Å². The first-order chi connectivity index (χ1) is 8.41. The number of nitrogens with two attached hydrogens (primary N) is 1. The molecule has 0 saturated heterocycles. The summed E-state index contributed by atoms with van der Waals surface area (Å²) in [5, 5.41) is 0. The Morgan fingerprint density at radius 1 is 1.28 bits per heavy atom. The lowest BCUT2D eigenvalue weighted by Crippen LogP contribution is -2.27. The summed E-state index contributed by atoms with van der Waals surface area (Å²) in [6.45, 7) is 8.15. The molecule has 1 aromatic heterocycles. The van der Waals surface area contributed by atoms with Crippen molar-refractivity contribution in [3.63, 3.8) is 0 Å². The van der Waals surface area contributed by atoms with E-state index < -0.39 is 0 Å². The molecule has 0 radical (unpaired) electrons. The number of hydrazine groups is 1. The van der Waals surface area contributed by atoms with Crippen LogP contribution in [-0.2, 0) is 5.41 Å². The topological polar surface area (TPSA) is 73.1 Å². The first-order valence-corrected chi connectivity index (χ1v) is 6.44. The number of hydrogen-bond donors (Lipinski definition) is 2. The minimum atomic E-state index is -0.128. The Balaban J connectivity index is 2.36.